The molecule has 0 aliphatic carbocycles. The van der Waals surface area contributed by atoms with E-state index in [1.165, 1.54) is 6.20 Å². The maximum absolute atomic E-state index is 12.7. The van der Waals surface area contributed by atoms with E-state index in [-0.39, 0.29) is 5.91 Å². The standard InChI is InChI=1S/C19H17Cl2N3O2/c1-11(18(25)13-5-3-7-15(21)9-13)23-19(26)16-10-22-24-17(16)12-4-2-6-14(20)8-12/h2-11,18,25H,1H3,(H,22,24)(H,23,26). The summed E-state index contributed by atoms with van der Waals surface area (Å²) in [4.78, 5) is 12.7. The van der Waals surface area contributed by atoms with Crippen molar-refractivity contribution in [2.24, 2.45) is 0 Å². The Kier molecular flexibility index (Phi) is 5.61. The van der Waals surface area contributed by atoms with Gasteiger partial charge in [0.25, 0.3) is 5.91 Å². The molecule has 2 atom stereocenters. The average molecular weight is 390 g/mol. The van der Waals surface area contributed by atoms with Crippen LogP contribution in [0.4, 0.5) is 0 Å². The molecule has 3 aromatic rings. The summed E-state index contributed by atoms with van der Waals surface area (Å²) in [5.74, 6) is -0.345. The molecule has 2 unspecified atom stereocenters. The lowest BCUT2D eigenvalue weighted by Gasteiger charge is -2.21. The van der Waals surface area contributed by atoms with Crippen LogP contribution in [-0.4, -0.2) is 27.3 Å². The minimum Gasteiger partial charge on any atom is -0.386 e. The molecule has 7 heteroatoms. The summed E-state index contributed by atoms with van der Waals surface area (Å²) in [7, 11) is 0. The van der Waals surface area contributed by atoms with Gasteiger partial charge in [0.05, 0.1) is 29.6 Å². The van der Waals surface area contributed by atoms with Crippen molar-refractivity contribution in [3.05, 3.63) is 75.9 Å². The molecule has 3 N–H and O–H groups in total. The summed E-state index contributed by atoms with van der Waals surface area (Å²) in [6.45, 7) is 1.72. The Morgan fingerprint density at radius 3 is 2.54 bits per heavy atom. The average Bonchev–Trinajstić information content (AvgIpc) is 3.11. The third-order valence-electron chi connectivity index (χ3n) is 4.02. The number of aromatic amines is 1. The maximum Gasteiger partial charge on any atom is 0.255 e. The molecule has 1 heterocycles. The maximum atomic E-state index is 12.7. The Hall–Kier alpha value is -2.34. The van der Waals surface area contributed by atoms with E-state index in [0.717, 1.165) is 5.56 Å². The first-order valence-electron chi connectivity index (χ1n) is 7.99. The van der Waals surface area contributed by atoms with E-state index < -0.39 is 12.1 Å². The lowest BCUT2D eigenvalue weighted by molar-refractivity contribution is 0.0853. The summed E-state index contributed by atoms with van der Waals surface area (Å²) in [5, 5.41) is 21.1. The third kappa shape index (κ3) is 4.07. The number of carbonyl (C=O) groups excluding carboxylic acids is 1. The van der Waals surface area contributed by atoms with Crippen molar-refractivity contribution in [2.75, 3.05) is 0 Å². The van der Waals surface area contributed by atoms with E-state index in [0.29, 0.717) is 26.9 Å². The number of nitrogens with one attached hydrogen (secondary N) is 2. The molecule has 134 valence electrons. The van der Waals surface area contributed by atoms with Crippen molar-refractivity contribution >= 4 is 29.1 Å². The molecule has 1 aromatic heterocycles. The van der Waals surface area contributed by atoms with Gasteiger partial charge in [-0.2, -0.15) is 5.10 Å². The lowest BCUT2D eigenvalue weighted by Crippen LogP contribution is -2.37. The largest absolute Gasteiger partial charge is 0.386 e. The minimum absolute atomic E-state index is 0.345. The van der Waals surface area contributed by atoms with Crippen LogP contribution in [0.25, 0.3) is 11.3 Å². The molecular formula is C19H17Cl2N3O2. The van der Waals surface area contributed by atoms with Gasteiger partial charge in [0.2, 0.25) is 0 Å². The van der Waals surface area contributed by atoms with Crippen LogP contribution >= 0.6 is 23.2 Å². The summed E-state index contributed by atoms with van der Waals surface area (Å²) in [6.07, 6.45) is 0.559. The molecule has 0 aliphatic heterocycles. The van der Waals surface area contributed by atoms with Crippen LogP contribution in [0.1, 0.15) is 28.9 Å². The number of aromatic nitrogens is 2. The van der Waals surface area contributed by atoms with Crippen LogP contribution in [0.3, 0.4) is 0 Å². The number of nitrogens with zero attached hydrogens (tertiary/aromatic N) is 1. The number of aliphatic hydroxyl groups is 1. The number of hydrogen-bond donors (Lipinski definition) is 3. The first-order valence-corrected chi connectivity index (χ1v) is 8.75. The Bertz CT molecular complexity index is 926. The van der Waals surface area contributed by atoms with Crippen molar-refractivity contribution in [1.29, 1.82) is 0 Å². The fourth-order valence-corrected chi connectivity index (χ4v) is 3.05. The van der Waals surface area contributed by atoms with E-state index in [4.69, 9.17) is 23.2 Å². The van der Waals surface area contributed by atoms with Gasteiger partial charge in [0.15, 0.2) is 0 Å². The van der Waals surface area contributed by atoms with Crippen LogP contribution in [0.2, 0.25) is 10.0 Å². The first kappa shape index (κ1) is 18.5. The fourth-order valence-electron chi connectivity index (χ4n) is 2.67. The Morgan fingerprint density at radius 1 is 1.15 bits per heavy atom. The molecule has 2 aromatic carbocycles. The van der Waals surface area contributed by atoms with E-state index in [9.17, 15) is 9.90 Å². The Labute approximate surface area is 161 Å². The second-order valence-corrected chi connectivity index (χ2v) is 6.80. The second-order valence-electron chi connectivity index (χ2n) is 5.93. The SMILES string of the molecule is CC(NC(=O)c1cn[nH]c1-c1cccc(Cl)c1)C(O)c1cccc(Cl)c1. The summed E-state index contributed by atoms with van der Waals surface area (Å²) in [5.41, 5.74) is 2.32. The second kappa shape index (κ2) is 7.91. The molecule has 0 spiro atoms. The van der Waals surface area contributed by atoms with E-state index in [1.54, 1.807) is 49.4 Å². The van der Waals surface area contributed by atoms with E-state index in [1.807, 2.05) is 6.07 Å². The van der Waals surface area contributed by atoms with Gasteiger partial charge in [-0.1, -0.05) is 47.5 Å². The van der Waals surface area contributed by atoms with Crippen molar-refractivity contribution < 1.29 is 9.90 Å². The number of H-pyrrole nitrogens is 1. The van der Waals surface area contributed by atoms with Gasteiger partial charge in [-0.15, -0.1) is 0 Å². The van der Waals surface area contributed by atoms with Gasteiger partial charge in [-0.05, 0) is 36.8 Å². The van der Waals surface area contributed by atoms with Crippen LogP contribution in [0.15, 0.2) is 54.7 Å². The number of benzene rings is 2. The van der Waals surface area contributed by atoms with Gasteiger partial charge < -0.3 is 10.4 Å². The predicted octanol–water partition coefficient (Wildman–Crippen LogP) is 4.24. The molecule has 0 fully saturated rings. The predicted molar refractivity (Wildman–Crippen MR) is 102 cm³/mol. The third-order valence-corrected chi connectivity index (χ3v) is 4.49. The number of halogens is 2. The molecule has 0 saturated heterocycles. The van der Waals surface area contributed by atoms with Gasteiger partial charge in [-0.3, -0.25) is 9.89 Å². The molecule has 3 rings (SSSR count). The number of rotatable bonds is 5. The molecule has 0 aliphatic rings. The highest BCUT2D eigenvalue weighted by Crippen LogP contribution is 2.25. The van der Waals surface area contributed by atoms with Crippen LogP contribution in [0.5, 0.6) is 0 Å². The molecule has 0 radical (unpaired) electrons. The van der Waals surface area contributed by atoms with E-state index in [2.05, 4.69) is 15.5 Å². The molecular weight excluding hydrogens is 373 g/mol. The van der Waals surface area contributed by atoms with Crippen molar-refractivity contribution in [2.45, 2.75) is 19.1 Å². The van der Waals surface area contributed by atoms with Crippen LogP contribution in [0, 0.1) is 0 Å². The number of aliphatic hydroxyl groups excluding tert-OH is 1. The van der Waals surface area contributed by atoms with Crippen molar-refractivity contribution in [1.82, 2.24) is 15.5 Å². The zero-order chi connectivity index (χ0) is 18.7. The normalized spacial score (nSPS) is 13.2. The molecule has 1 amide bonds. The van der Waals surface area contributed by atoms with E-state index >= 15 is 0 Å². The highest BCUT2D eigenvalue weighted by Gasteiger charge is 2.22. The minimum atomic E-state index is -0.890. The van der Waals surface area contributed by atoms with Gasteiger partial charge >= 0.3 is 0 Å². The molecule has 5 nitrogen and oxygen atoms in total. The zero-order valence-electron chi connectivity index (χ0n) is 13.9. The zero-order valence-corrected chi connectivity index (χ0v) is 15.4. The summed E-state index contributed by atoms with van der Waals surface area (Å²) >= 11 is 12.0. The first-order chi connectivity index (χ1) is 12.5. The van der Waals surface area contributed by atoms with Gasteiger partial charge in [0.1, 0.15) is 0 Å². The molecule has 0 saturated carbocycles. The van der Waals surface area contributed by atoms with Gasteiger partial charge in [-0.25, -0.2) is 0 Å². The molecule has 0 bridgehead atoms. The summed E-state index contributed by atoms with van der Waals surface area (Å²) < 4.78 is 0. The number of amides is 1. The van der Waals surface area contributed by atoms with Crippen molar-refractivity contribution in [3.63, 3.8) is 0 Å². The van der Waals surface area contributed by atoms with Crippen LogP contribution < -0.4 is 5.32 Å². The highest BCUT2D eigenvalue weighted by atomic mass is 35.5. The van der Waals surface area contributed by atoms with Crippen LogP contribution in [-0.2, 0) is 0 Å². The quantitative estimate of drug-likeness (QED) is 0.610. The highest BCUT2D eigenvalue weighted by molar-refractivity contribution is 6.31. The van der Waals surface area contributed by atoms with Crippen molar-refractivity contribution in [3.8, 4) is 11.3 Å². The number of hydrogen-bond acceptors (Lipinski definition) is 3. The smallest absolute Gasteiger partial charge is 0.255 e. The Balaban J connectivity index is 1.77. The topological polar surface area (TPSA) is 78.0 Å². The fraction of sp³-hybridized carbons (Fsp3) is 0.158. The monoisotopic (exact) mass is 389 g/mol. The van der Waals surface area contributed by atoms with Gasteiger partial charge in [0, 0.05) is 15.6 Å². The summed E-state index contributed by atoms with van der Waals surface area (Å²) in [6, 6.07) is 13.5. The lowest BCUT2D eigenvalue weighted by atomic mass is 10.0. The molecule has 26 heavy (non-hydrogen) atoms. The number of carbonyl (C=O) groups is 1. The Morgan fingerprint density at radius 2 is 1.85 bits per heavy atom.